The van der Waals surface area contributed by atoms with E-state index in [1.54, 1.807) is 5.38 Å². The summed E-state index contributed by atoms with van der Waals surface area (Å²) in [5, 5.41) is 10.7. The number of carbonyl (C=O) groups is 1. The van der Waals surface area contributed by atoms with Crippen molar-refractivity contribution in [3.63, 3.8) is 0 Å². The minimum Gasteiger partial charge on any atom is -0.487 e. The highest BCUT2D eigenvalue weighted by atomic mass is 79.9. The molecular formula is C10H11BrO3S. The van der Waals surface area contributed by atoms with Crippen LogP contribution in [0.1, 0.15) is 35.4 Å². The SMILES string of the molecule is O=C(O)c1scc(Br)c1OC1CCCC1. The van der Waals surface area contributed by atoms with Crippen LogP contribution in [0.15, 0.2) is 9.85 Å². The van der Waals surface area contributed by atoms with Crippen molar-refractivity contribution in [2.75, 3.05) is 0 Å². The van der Waals surface area contributed by atoms with Gasteiger partial charge in [-0.3, -0.25) is 0 Å². The quantitative estimate of drug-likeness (QED) is 0.926. The topological polar surface area (TPSA) is 46.5 Å². The Morgan fingerprint density at radius 2 is 2.20 bits per heavy atom. The van der Waals surface area contributed by atoms with Crippen LogP contribution in [-0.4, -0.2) is 17.2 Å². The molecule has 1 aliphatic rings. The van der Waals surface area contributed by atoms with E-state index in [0.717, 1.165) is 17.3 Å². The van der Waals surface area contributed by atoms with Crippen LogP contribution in [0.5, 0.6) is 5.75 Å². The highest BCUT2D eigenvalue weighted by molar-refractivity contribution is 9.10. The predicted octanol–water partition coefficient (Wildman–Crippen LogP) is 3.53. The van der Waals surface area contributed by atoms with Gasteiger partial charge in [0.05, 0.1) is 10.6 Å². The number of rotatable bonds is 3. The molecule has 1 heterocycles. The Morgan fingerprint density at radius 1 is 1.53 bits per heavy atom. The molecule has 1 fully saturated rings. The first-order chi connectivity index (χ1) is 7.18. The summed E-state index contributed by atoms with van der Waals surface area (Å²) in [5.41, 5.74) is 0. The van der Waals surface area contributed by atoms with Crippen LogP contribution < -0.4 is 4.74 Å². The predicted molar refractivity (Wildman–Crippen MR) is 61.9 cm³/mol. The second-order valence-electron chi connectivity index (χ2n) is 3.57. The molecule has 0 saturated heterocycles. The van der Waals surface area contributed by atoms with E-state index >= 15 is 0 Å². The van der Waals surface area contributed by atoms with Gasteiger partial charge in [0, 0.05) is 5.38 Å². The maximum Gasteiger partial charge on any atom is 0.349 e. The number of hydrogen-bond acceptors (Lipinski definition) is 3. The van der Waals surface area contributed by atoms with Gasteiger partial charge in [-0.25, -0.2) is 4.79 Å². The summed E-state index contributed by atoms with van der Waals surface area (Å²) < 4.78 is 6.47. The molecule has 5 heteroatoms. The summed E-state index contributed by atoms with van der Waals surface area (Å²) in [4.78, 5) is 11.2. The Bertz CT molecular complexity index is 369. The van der Waals surface area contributed by atoms with E-state index in [1.807, 2.05) is 0 Å². The van der Waals surface area contributed by atoms with Crippen molar-refractivity contribution in [3.05, 3.63) is 14.7 Å². The van der Waals surface area contributed by atoms with E-state index in [2.05, 4.69) is 15.9 Å². The van der Waals surface area contributed by atoms with Gasteiger partial charge in [0.1, 0.15) is 0 Å². The smallest absolute Gasteiger partial charge is 0.349 e. The van der Waals surface area contributed by atoms with Gasteiger partial charge < -0.3 is 9.84 Å². The molecule has 0 aliphatic heterocycles. The molecular weight excluding hydrogens is 280 g/mol. The molecule has 0 amide bonds. The largest absolute Gasteiger partial charge is 0.487 e. The van der Waals surface area contributed by atoms with Crippen LogP contribution in [0.2, 0.25) is 0 Å². The van der Waals surface area contributed by atoms with Crippen LogP contribution >= 0.6 is 27.3 Å². The average molecular weight is 291 g/mol. The van der Waals surface area contributed by atoms with Crippen LogP contribution in [0.4, 0.5) is 0 Å². The highest BCUT2D eigenvalue weighted by Gasteiger charge is 2.23. The molecule has 2 rings (SSSR count). The van der Waals surface area contributed by atoms with E-state index in [-0.39, 0.29) is 11.0 Å². The second kappa shape index (κ2) is 4.53. The first kappa shape index (κ1) is 11.0. The van der Waals surface area contributed by atoms with E-state index in [1.165, 1.54) is 24.2 Å². The van der Waals surface area contributed by atoms with Crippen LogP contribution in [0.3, 0.4) is 0 Å². The van der Waals surface area contributed by atoms with Gasteiger partial charge in [0.2, 0.25) is 0 Å². The maximum absolute atomic E-state index is 10.9. The lowest BCUT2D eigenvalue weighted by Crippen LogP contribution is -2.12. The number of halogens is 1. The van der Waals surface area contributed by atoms with Gasteiger partial charge in [-0.1, -0.05) is 0 Å². The van der Waals surface area contributed by atoms with Gasteiger partial charge in [0.15, 0.2) is 10.6 Å². The highest BCUT2D eigenvalue weighted by Crippen LogP contribution is 2.37. The zero-order valence-corrected chi connectivity index (χ0v) is 10.4. The monoisotopic (exact) mass is 290 g/mol. The zero-order chi connectivity index (χ0) is 10.8. The Morgan fingerprint density at radius 3 is 2.80 bits per heavy atom. The first-order valence-corrected chi connectivity index (χ1v) is 6.52. The van der Waals surface area contributed by atoms with Crippen molar-refractivity contribution in [2.24, 2.45) is 0 Å². The lowest BCUT2D eigenvalue weighted by atomic mass is 10.3. The van der Waals surface area contributed by atoms with E-state index in [0.29, 0.717) is 5.75 Å². The summed E-state index contributed by atoms with van der Waals surface area (Å²) >= 11 is 4.51. The fourth-order valence-corrected chi connectivity index (χ4v) is 3.15. The van der Waals surface area contributed by atoms with Crippen molar-refractivity contribution >= 4 is 33.2 Å². The number of ether oxygens (including phenoxy) is 1. The molecule has 0 atom stereocenters. The molecule has 1 saturated carbocycles. The molecule has 0 spiro atoms. The Balaban J connectivity index is 2.18. The van der Waals surface area contributed by atoms with Crippen LogP contribution in [0.25, 0.3) is 0 Å². The second-order valence-corrected chi connectivity index (χ2v) is 5.31. The van der Waals surface area contributed by atoms with Crippen molar-refractivity contribution in [1.29, 1.82) is 0 Å². The third kappa shape index (κ3) is 2.34. The number of carboxylic acids is 1. The van der Waals surface area contributed by atoms with Crippen molar-refractivity contribution < 1.29 is 14.6 Å². The van der Waals surface area contributed by atoms with Gasteiger partial charge in [-0.15, -0.1) is 11.3 Å². The molecule has 0 unspecified atom stereocenters. The third-order valence-corrected chi connectivity index (χ3v) is 4.33. The minimum atomic E-state index is -0.918. The van der Waals surface area contributed by atoms with Crippen LogP contribution in [-0.2, 0) is 0 Å². The minimum absolute atomic E-state index is 0.189. The van der Waals surface area contributed by atoms with Gasteiger partial charge in [0.25, 0.3) is 0 Å². The Kier molecular flexibility index (Phi) is 3.31. The Labute approximate surface area is 100 Å². The fourth-order valence-electron chi connectivity index (χ4n) is 1.76. The van der Waals surface area contributed by atoms with E-state index in [4.69, 9.17) is 9.84 Å². The summed E-state index contributed by atoms with van der Waals surface area (Å²) in [6.45, 7) is 0. The average Bonchev–Trinajstić information content (AvgIpc) is 2.78. The molecule has 15 heavy (non-hydrogen) atoms. The summed E-state index contributed by atoms with van der Waals surface area (Å²) in [6, 6.07) is 0. The van der Waals surface area contributed by atoms with Crippen molar-refractivity contribution in [3.8, 4) is 5.75 Å². The Hall–Kier alpha value is -0.550. The van der Waals surface area contributed by atoms with Crippen LogP contribution in [0, 0.1) is 0 Å². The van der Waals surface area contributed by atoms with E-state index in [9.17, 15) is 4.79 Å². The molecule has 1 aromatic heterocycles. The number of thiophene rings is 1. The molecule has 1 aromatic rings. The fraction of sp³-hybridized carbons (Fsp3) is 0.500. The molecule has 1 N–H and O–H groups in total. The van der Waals surface area contributed by atoms with E-state index < -0.39 is 5.97 Å². The standard InChI is InChI=1S/C10H11BrO3S/c11-7-5-15-9(10(12)13)8(7)14-6-3-1-2-4-6/h5-6H,1-4H2,(H,12,13). The lowest BCUT2D eigenvalue weighted by Gasteiger charge is -2.12. The van der Waals surface area contributed by atoms with Crippen molar-refractivity contribution in [2.45, 2.75) is 31.8 Å². The lowest BCUT2D eigenvalue weighted by molar-refractivity contribution is 0.0695. The van der Waals surface area contributed by atoms with Gasteiger partial charge in [-0.2, -0.15) is 0 Å². The number of aromatic carboxylic acids is 1. The number of hydrogen-bond donors (Lipinski definition) is 1. The number of carboxylic acid groups (broad SMARTS) is 1. The summed E-state index contributed by atoms with van der Waals surface area (Å²) in [7, 11) is 0. The van der Waals surface area contributed by atoms with Gasteiger partial charge >= 0.3 is 5.97 Å². The summed E-state index contributed by atoms with van der Waals surface area (Å²) in [6.07, 6.45) is 4.60. The first-order valence-electron chi connectivity index (χ1n) is 4.85. The van der Waals surface area contributed by atoms with Gasteiger partial charge in [-0.05, 0) is 41.6 Å². The third-order valence-electron chi connectivity index (χ3n) is 2.48. The maximum atomic E-state index is 10.9. The molecule has 82 valence electrons. The molecule has 3 nitrogen and oxygen atoms in total. The summed E-state index contributed by atoms with van der Waals surface area (Å²) in [5.74, 6) is -0.418. The normalized spacial score (nSPS) is 16.9. The molecule has 0 radical (unpaired) electrons. The molecule has 1 aliphatic carbocycles. The molecule has 0 aromatic carbocycles. The zero-order valence-electron chi connectivity index (χ0n) is 8.03. The molecule has 0 bridgehead atoms. The van der Waals surface area contributed by atoms with Crippen molar-refractivity contribution in [1.82, 2.24) is 0 Å².